The van der Waals surface area contributed by atoms with E-state index in [-0.39, 0.29) is 70.9 Å². The van der Waals surface area contributed by atoms with E-state index in [0.717, 1.165) is 17.2 Å². The number of pyridine rings is 1. The molecule has 0 amide bonds. The number of carboxylic acid groups (broad SMARTS) is 1. The number of carboxylic acids is 1. The van der Waals surface area contributed by atoms with Crippen molar-refractivity contribution >= 4 is 90.7 Å². The van der Waals surface area contributed by atoms with Crippen LogP contribution in [0.15, 0.2) is 29.4 Å². The van der Waals surface area contributed by atoms with E-state index in [0.29, 0.717) is 35.1 Å². The highest BCUT2D eigenvalue weighted by Gasteiger charge is 2.57. The second-order valence-electron chi connectivity index (χ2n) is 17.4. The minimum atomic E-state index is -1.69. The molecule has 1 heterocycles. The number of thiocarbonyl (C=S) groups is 1. The summed E-state index contributed by atoms with van der Waals surface area (Å²) in [6.45, 7) is 15.2. The zero-order valence-corrected chi connectivity index (χ0v) is 43.6. The predicted octanol–water partition coefficient (Wildman–Crippen LogP) is 9.64. The molecule has 0 spiro atoms. The van der Waals surface area contributed by atoms with Crippen molar-refractivity contribution in [3.8, 4) is 0 Å². The van der Waals surface area contributed by atoms with Crippen molar-refractivity contribution in [3.63, 3.8) is 0 Å². The molecule has 360 valence electrons. The first-order chi connectivity index (χ1) is 29.6. The van der Waals surface area contributed by atoms with Gasteiger partial charge in [-0.3, -0.25) is 24.0 Å². The fourth-order valence-corrected chi connectivity index (χ4v) is 11.7. The van der Waals surface area contributed by atoms with Gasteiger partial charge in [-0.25, -0.2) is 4.98 Å². The van der Waals surface area contributed by atoms with Gasteiger partial charge in [0.1, 0.15) is 28.4 Å². The molecule has 0 saturated heterocycles. The van der Waals surface area contributed by atoms with Gasteiger partial charge in [-0.05, 0) is 115 Å². The van der Waals surface area contributed by atoms with E-state index in [1.165, 1.54) is 52.2 Å². The van der Waals surface area contributed by atoms with Crippen LogP contribution in [0.5, 0.6) is 0 Å². The summed E-state index contributed by atoms with van der Waals surface area (Å²) >= 11 is 8.38. The molecule has 0 aliphatic heterocycles. The molecule has 18 heteroatoms. The van der Waals surface area contributed by atoms with Crippen LogP contribution in [0.3, 0.4) is 0 Å². The van der Waals surface area contributed by atoms with Gasteiger partial charge in [0.05, 0.1) is 40.3 Å². The Morgan fingerprint density at radius 2 is 1.30 bits per heavy atom. The third-order valence-electron chi connectivity index (χ3n) is 10.9. The lowest BCUT2D eigenvalue weighted by atomic mass is 9.58. The highest BCUT2D eigenvalue weighted by atomic mass is 33.1. The average Bonchev–Trinajstić information content (AvgIpc) is 3.22. The molecule has 63 heavy (non-hydrogen) atoms. The van der Waals surface area contributed by atoms with Crippen LogP contribution in [0.4, 0.5) is 0 Å². The van der Waals surface area contributed by atoms with E-state index in [4.69, 9.17) is 35.9 Å². The molecule has 0 aliphatic rings. The standard InChI is InChI=1S/C45H74N2O11S5/c1-12-16-23-55-38(52)43(7,30-42(6,37(51)56-24-22-47(9)10)29-41(5,14-3)36(50)57-26-25-54-11)31-45(20-13-2,35(48)49)32-44(8,33-61-40(59)60-15-4)39(53)58-27-28-62-63-34-19-17-18-21-46-34/h17-19,21H,12-16,20,22-33H2,1-11H3,(H,48,49). The highest BCUT2D eigenvalue weighted by Crippen LogP contribution is 2.54. The first kappa shape index (κ1) is 58.9. The summed E-state index contributed by atoms with van der Waals surface area (Å²) in [7, 11) is 8.14. The summed E-state index contributed by atoms with van der Waals surface area (Å²) in [4.78, 5) is 77.4. The van der Waals surface area contributed by atoms with Crippen LogP contribution in [0.2, 0.25) is 0 Å². The van der Waals surface area contributed by atoms with Crippen molar-refractivity contribution in [2.75, 3.05) is 78.0 Å². The van der Waals surface area contributed by atoms with E-state index in [1.807, 2.05) is 64.9 Å². The van der Waals surface area contributed by atoms with E-state index >= 15 is 0 Å². The van der Waals surface area contributed by atoms with Crippen molar-refractivity contribution < 1.29 is 52.8 Å². The van der Waals surface area contributed by atoms with Gasteiger partial charge in [-0.1, -0.05) is 69.6 Å². The number of methoxy groups -OCH3 is 1. The number of ether oxygens (including phenoxy) is 5. The number of carbonyl (C=O) groups is 5. The Bertz CT molecular complexity index is 1590. The van der Waals surface area contributed by atoms with Crippen LogP contribution in [0.25, 0.3) is 0 Å². The maximum absolute atomic E-state index is 14.7. The van der Waals surface area contributed by atoms with Crippen molar-refractivity contribution in [1.82, 2.24) is 9.88 Å². The van der Waals surface area contributed by atoms with Crippen LogP contribution >= 0.6 is 57.3 Å². The van der Waals surface area contributed by atoms with E-state index in [2.05, 4.69) is 4.98 Å². The first-order valence-electron chi connectivity index (χ1n) is 21.7. The molecule has 1 aromatic heterocycles. The smallest absolute Gasteiger partial charge is 0.312 e. The lowest BCUT2D eigenvalue weighted by Gasteiger charge is -2.45. The van der Waals surface area contributed by atoms with Gasteiger partial charge >= 0.3 is 29.8 Å². The molecule has 5 unspecified atom stereocenters. The number of thioether (sulfide) groups is 2. The van der Waals surface area contributed by atoms with Crippen molar-refractivity contribution in [1.29, 1.82) is 0 Å². The van der Waals surface area contributed by atoms with Crippen LogP contribution in [0, 0.1) is 27.1 Å². The Morgan fingerprint density at radius 3 is 1.86 bits per heavy atom. The second kappa shape index (κ2) is 29.5. The van der Waals surface area contributed by atoms with E-state index in [9.17, 15) is 29.1 Å². The number of aromatic nitrogens is 1. The minimum Gasteiger partial charge on any atom is -0.481 e. The summed E-state index contributed by atoms with van der Waals surface area (Å²) in [6.07, 6.45) is 3.05. The largest absolute Gasteiger partial charge is 0.481 e. The molecule has 0 aliphatic carbocycles. The zero-order valence-electron chi connectivity index (χ0n) is 39.5. The van der Waals surface area contributed by atoms with Gasteiger partial charge in [0.15, 0.2) is 0 Å². The molecule has 0 radical (unpaired) electrons. The number of likely N-dealkylation sites (N-methyl/N-ethyl adjacent to an activating group) is 1. The number of nitrogens with zero attached hydrogens (tertiary/aromatic N) is 2. The van der Waals surface area contributed by atoms with E-state index in [1.54, 1.807) is 33.9 Å². The number of hydrogen-bond acceptors (Lipinski definition) is 17. The Morgan fingerprint density at radius 1 is 0.730 bits per heavy atom. The molecule has 1 rings (SSSR count). The van der Waals surface area contributed by atoms with Gasteiger partial charge in [0.25, 0.3) is 0 Å². The van der Waals surface area contributed by atoms with Gasteiger partial charge in [0.2, 0.25) is 0 Å². The SMILES string of the molecule is CCCCOC(=O)C(C)(CC(C)(CC(C)(CC)C(=O)OCCOC)C(=O)OCCN(C)C)CC(CCC)(CC(C)(CSC(=S)SCC)C(=O)OCCSSc1ccccn1)C(=O)O. The van der Waals surface area contributed by atoms with Gasteiger partial charge in [-0.2, -0.15) is 0 Å². The van der Waals surface area contributed by atoms with Crippen molar-refractivity contribution in [2.24, 2.45) is 27.1 Å². The molecular formula is C45H74N2O11S5. The van der Waals surface area contributed by atoms with E-state index < -0.39 is 56.9 Å². The lowest BCUT2D eigenvalue weighted by Crippen LogP contribution is -2.50. The lowest BCUT2D eigenvalue weighted by molar-refractivity contribution is -0.173. The molecule has 5 atom stereocenters. The fourth-order valence-electron chi connectivity index (χ4n) is 7.72. The summed E-state index contributed by atoms with van der Waals surface area (Å²) in [5.41, 5.74) is -7.40. The summed E-state index contributed by atoms with van der Waals surface area (Å²) in [6, 6.07) is 5.61. The molecule has 0 bridgehead atoms. The third kappa shape index (κ3) is 20.1. The van der Waals surface area contributed by atoms with Gasteiger partial charge < -0.3 is 33.7 Å². The number of esters is 4. The molecule has 0 fully saturated rings. The number of rotatable bonds is 33. The topological polar surface area (TPSA) is 168 Å². The minimum absolute atomic E-state index is 0.0127. The maximum atomic E-state index is 14.7. The fraction of sp³-hybridized carbons (Fsp3) is 0.756. The Hall–Kier alpha value is -2.09. The third-order valence-corrected chi connectivity index (χ3v) is 16.1. The first-order valence-corrected chi connectivity index (χ1v) is 26.4. The molecular weight excluding hydrogens is 905 g/mol. The van der Waals surface area contributed by atoms with Crippen LogP contribution in [0.1, 0.15) is 113 Å². The summed E-state index contributed by atoms with van der Waals surface area (Å²) < 4.78 is 29.1. The van der Waals surface area contributed by atoms with Crippen LogP contribution < -0.4 is 0 Å². The van der Waals surface area contributed by atoms with Gasteiger partial charge in [0, 0.05) is 31.4 Å². The van der Waals surface area contributed by atoms with Crippen LogP contribution in [-0.2, 0) is 47.7 Å². The Balaban J connectivity index is 3.91. The van der Waals surface area contributed by atoms with Gasteiger partial charge in [-0.15, -0.1) is 23.5 Å². The van der Waals surface area contributed by atoms with Crippen LogP contribution in [-0.4, -0.2) is 126 Å². The van der Waals surface area contributed by atoms with Crippen molar-refractivity contribution in [2.45, 2.75) is 118 Å². The summed E-state index contributed by atoms with van der Waals surface area (Å²) in [5, 5.41) is 12.2. The monoisotopic (exact) mass is 978 g/mol. The number of unbranched alkanes of at least 4 members (excludes halogenated alkanes) is 1. The molecule has 0 saturated carbocycles. The Labute approximate surface area is 398 Å². The maximum Gasteiger partial charge on any atom is 0.312 e. The average molecular weight is 979 g/mol. The number of carbonyl (C=O) groups excluding carboxylic acids is 4. The molecule has 13 nitrogen and oxygen atoms in total. The highest BCUT2D eigenvalue weighted by molar-refractivity contribution is 8.76. The normalized spacial score (nSPS) is 16.3. The zero-order chi connectivity index (χ0) is 47.7. The second-order valence-corrected chi connectivity index (χ2v) is 23.3. The molecule has 1 N–H and O–H groups in total. The number of aliphatic carboxylic acids is 1. The predicted molar refractivity (Wildman–Crippen MR) is 261 cm³/mol. The Kier molecular flexibility index (Phi) is 27.6. The summed E-state index contributed by atoms with van der Waals surface area (Å²) in [5.74, 6) is -2.28. The van der Waals surface area contributed by atoms with Crippen molar-refractivity contribution in [3.05, 3.63) is 24.4 Å². The molecule has 1 aromatic rings. The number of hydrogen-bond donors (Lipinski definition) is 1. The quantitative estimate of drug-likeness (QED) is 0.0232. The molecule has 0 aromatic carbocycles.